The summed E-state index contributed by atoms with van der Waals surface area (Å²) < 4.78 is 27.2. The van der Waals surface area contributed by atoms with E-state index < -0.39 is 15.6 Å². The molecule has 1 aliphatic carbocycles. The molecule has 0 saturated heterocycles. The van der Waals surface area contributed by atoms with Crippen LogP contribution in [0.3, 0.4) is 0 Å². The largest absolute Gasteiger partial charge is 0.329 e. The van der Waals surface area contributed by atoms with E-state index in [1.165, 1.54) is 0 Å². The van der Waals surface area contributed by atoms with Gasteiger partial charge in [0.25, 0.3) is 0 Å². The summed E-state index contributed by atoms with van der Waals surface area (Å²) >= 11 is 0. The molecule has 0 unspecified atom stereocenters. The molecule has 1 aliphatic rings. The van der Waals surface area contributed by atoms with Crippen LogP contribution in [0.1, 0.15) is 52.4 Å². The fourth-order valence-electron chi connectivity index (χ4n) is 2.31. The molecule has 0 atom stereocenters. The lowest BCUT2D eigenvalue weighted by molar-refractivity contribution is 0.361. The van der Waals surface area contributed by atoms with Crippen molar-refractivity contribution in [2.75, 3.05) is 6.54 Å². The zero-order valence-electron chi connectivity index (χ0n) is 10.3. The highest BCUT2D eigenvalue weighted by Gasteiger charge is 2.35. The number of hydrogen-bond donors (Lipinski definition) is 2. The van der Waals surface area contributed by atoms with Gasteiger partial charge in [-0.05, 0) is 25.7 Å². The summed E-state index contributed by atoms with van der Waals surface area (Å²) in [4.78, 5) is 0. The van der Waals surface area contributed by atoms with Crippen LogP contribution in [-0.4, -0.2) is 25.8 Å². The molecule has 0 heterocycles. The third-order valence-electron chi connectivity index (χ3n) is 3.84. The Morgan fingerprint density at radius 1 is 1.25 bits per heavy atom. The molecule has 16 heavy (non-hydrogen) atoms. The molecule has 5 heteroatoms. The Kier molecular flexibility index (Phi) is 4.76. The van der Waals surface area contributed by atoms with E-state index in [9.17, 15) is 8.42 Å². The molecule has 1 rings (SSSR count). The molecule has 1 saturated carbocycles. The second kappa shape index (κ2) is 5.47. The van der Waals surface area contributed by atoms with Crippen LogP contribution in [0.25, 0.3) is 0 Å². The van der Waals surface area contributed by atoms with Gasteiger partial charge in [0.1, 0.15) is 0 Å². The zero-order valence-corrected chi connectivity index (χ0v) is 11.1. The summed E-state index contributed by atoms with van der Waals surface area (Å²) in [6, 6.07) is 0. The zero-order chi connectivity index (χ0) is 12.2. The lowest BCUT2D eigenvalue weighted by Crippen LogP contribution is -2.54. The first-order valence-corrected chi connectivity index (χ1v) is 7.77. The van der Waals surface area contributed by atoms with Crippen LogP contribution in [0.2, 0.25) is 0 Å². The van der Waals surface area contributed by atoms with Crippen molar-refractivity contribution in [1.82, 2.24) is 4.72 Å². The summed E-state index contributed by atoms with van der Waals surface area (Å²) in [5, 5.41) is -0.198. The van der Waals surface area contributed by atoms with Gasteiger partial charge < -0.3 is 5.73 Å². The third kappa shape index (κ3) is 2.96. The van der Waals surface area contributed by atoms with E-state index in [1.54, 1.807) is 0 Å². The smallest absolute Gasteiger partial charge is 0.215 e. The van der Waals surface area contributed by atoms with Gasteiger partial charge in [-0.2, -0.15) is 0 Å². The van der Waals surface area contributed by atoms with Crippen LogP contribution in [0, 0.1) is 0 Å². The van der Waals surface area contributed by atoms with Crippen molar-refractivity contribution >= 4 is 10.0 Å². The summed E-state index contributed by atoms with van der Waals surface area (Å²) in [5.41, 5.74) is 5.26. The van der Waals surface area contributed by atoms with Crippen molar-refractivity contribution in [2.45, 2.75) is 63.2 Å². The molecule has 0 aromatic carbocycles. The predicted octanol–water partition coefficient (Wildman–Crippen LogP) is 1.37. The molecule has 3 N–H and O–H groups in total. The average Bonchev–Trinajstić information content (AvgIpc) is 2.80. The van der Waals surface area contributed by atoms with Crippen LogP contribution in [0.5, 0.6) is 0 Å². The van der Waals surface area contributed by atoms with Crippen LogP contribution in [-0.2, 0) is 10.0 Å². The van der Waals surface area contributed by atoms with Gasteiger partial charge in [0, 0.05) is 12.1 Å². The lowest BCUT2D eigenvalue weighted by atomic mass is 9.95. The second-order valence-electron chi connectivity index (χ2n) is 4.75. The molecule has 96 valence electrons. The number of sulfonamides is 1. The first-order chi connectivity index (χ1) is 7.49. The highest BCUT2D eigenvalue weighted by Crippen LogP contribution is 2.26. The van der Waals surface area contributed by atoms with Gasteiger partial charge in [-0.1, -0.05) is 26.7 Å². The van der Waals surface area contributed by atoms with E-state index >= 15 is 0 Å². The molecule has 0 amide bonds. The summed E-state index contributed by atoms with van der Waals surface area (Å²) in [7, 11) is -3.18. The number of rotatable bonds is 6. The van der Waals surface area contributed by atoms with Gasteiger partial charge in [0.15, 0.2) is 0 Å². The fraction of sp³-hybridized carbons (Fsp3) is 1.00. The van der Waals surface area contributed by atoms with E-state index in [-0.39, 0.29) is 5.25 Å². The lowest BCUT2D eigenvalue weighted by Gasteiger charge is -2.32. The van der Waals surface area contributed by atoms with E-state index in [4.69, 9.17) is 5.73 Å². The minimum atomic E-state index is -3.18. The van der Waals surface area contributed by atoms with Crippen molar-refractivity contribution in [2.24, 2.45) is 5.73 Å². The maximum atomic E-state index is 12.2. The Morgan fingerprint density at radius 2 is 1.75 bits per heavy atom. The fourth-order valence-corrected chi connectivity index (χ4v) is 4.40. The van der Waals surface area contributed by atoms with Gasteiger partial charge in [-0.3, -0.25) is 0 Å². The van der Waals surface area contributed by atoms with Crippen molar-refractivity contribution in [3.63, 3.8) is 0 Å². The SMILES string of the molecule is CCC(CC)(CN)NS(=O)(=O)C1CCCC1. The molecule has 0 aliphatic heterocycles. The van der Waals surface area contributed by atoms with Crippen LogP contribution in [0.4, 0.5) is 0 Å². The molecular weight excluding hydrogens is 224 g/mol. The van der Waals surface area contributed by atoms with Crippen LogP contribution < -0.4 is 10.5 Å². The Balaban J connectivity index is 2.76. The van der Waals surface area contributed by atoms with Crippen molar-refractivity contribution in [3.05, 3.63) is 0 Å². The van der Waals surface area contributed by atoms with Crippen LogP contribution >= 0.6 is 0 Å². The minimum absolute atomic E-state index is 0.198. The van der Waals surface area contributed by atoms with Crippen LogP contribution in [0.15, 0.2) is 0 Å². The Labute approximate surface area is 99.0 Å². The third-order valence-corrected chi connectivity index (χ3v) is 5.91. The number of nitrogens with two attached hydrogens (primary N) is 1. The molecule has 4 nitrogen and oxygen atoms in total. The Bertz CT molecular complexity index is 296. The van der Waals surface area contributed by atoms with Gasteiger partial charge in [-0.25, -0.2) is 13.1 Å². The van der Waals surface area contributed by atoms with E-state index in [0.717, 1.165) is 38.5 Å². The van der Waals surface area contributed by atoms with Gasteiger partial charge in [0.2, 0.25) is 10.0 Å². The number of hydrogen-bond acceptors (Lipinski definition) is 3. The second-order valence-corrected chi connectivity index (χ2v) is 6.71. The highest BCUT2D eigenvalue weighted by atomic mass is 32.2. The highest BCUT2D eigenvalue weighted by molar-refractivity contribution is 7.90. The normalized spacial score (nSPS) is 19.2. The molecule has 0 aromatic rings. The molecule has 0 bridgehead atoms. The van der Waals surface area contributed by atoms with Gasteiger partial charge >= 0.3 is 0 Å². The molecule has 1 fully saturated rings. The van der Waals surface area contributed by atoms with E-state index in [0.29, 0.717) is 6.54 Å². The molecule has 0 spiro atoms. The number of nitrogens with one attached hydrogen (secondary N) is 1. The van der Waals surface area contributed by atoms with E-state index in [1.807, 2.05) is 13.8 Å². The van der Waals surface area contributed by atoms with Crippen molar-refractivity contribution in [1.29, 1.82) is 0 Å². The maximum absolute atomic E-state index is 12.2. The van der Waals surface area contributed by atoms with Crippen molar-refractivity contribution in [3.8, 4) is 0 Å². The first kappa shape index (κ1) is 13.9. The molecular formula is C11H24N2O2S. The topological polar surface area (TPSA) is 72.2 Å². The van der Waals surface area contributed by atoms with Crippen molar-refractivity contribution < 1.29 is 8.42 Å². The minimum Gasteiger partial charge on any atom is -0.329 e. The standard InChI is InChI=1S/C11H24N2O2S/c1-3-11(4-2,9-12)13-16(14,15)10-7-5-6-8-10/h10,13H,3-9,12H2,1-2H3. The quantitative estimate of drug-likeness (QED) is 0.745. The summed E-state index contributed by atoms with van der Waals surface area (Å²) in [5.74, 6) is 0. The monoisotopic (exact) mass is 248 g/mol. The summed E-state index contributed by atoms with van der Waals surface area (Å²) in [6.07, 6.45) is 5.13. The van der Waals surface area contributed by atoms with E-state index in [2.05, 4.69) is 4.72 Å². The average molecular weight is 248 g/mol. The Hall–Kier alpha value is -0.130. The molecule has 0 aromatic heterocycles. The maximum Gasteiger partial charge on any atom is 0.215 e. The Morgan fingerprint density at radius 3 is 2.12 bits per heavy atom. The van der Waals surface area contributed by atoms with Gasteiger partial charge in [-0.15, -0.1) is 0 Å². The predicted molar refractivity (Wildman–Crippen MR) is 66.7 cm³/mol. The molecule has 0 radical (unpaired) electrons. The van der Waals surface area contributed by atoms with Gasteiger partial charge in [0.05, 0.1) is 5.25 Å². The summed E-state index contributed by atoms with van der Waals surface area (Å²) in [6.45, 7) is 4.33. The first-order valence-electron chi connectivity index (χ1n) is 6.22.